The van der Waals surface area contributed by atoms with Crippen LogP contribution in [0.25, 0.3) is 0 Å². The third kappa shape index (κ3) is 2.94. The molecule has 2 aromatic rings. The minimum Gasteiger partial charge on any atom is -0.348 e. The molecule has 0 aliphatic heterocycles. The summed E-state index contributed by atoms with van der Waals surface area (Å²) in [5.74, 6) is -0.0822. The van der Waals surface area contributed by atoms with E-state index >= 15 is 0 Å². The van der Waals surface area contributed by atoms with Gasteiger partial charge < -0.3 is 5.32 Å². The number of carbonyl (C=O) groups excluding carboxylic acids is 1. The Labute approximate surface area is 107 Å². The predicted octanol–water partition coefficient (Wildman–Crippen LogP) is 2.63. The Bertz CT molecular complexity index is 547. The zero-order valence-corrected chi connectivity index (χ0v) is 10.6. The number of aryl methyl sites for hydroxylation is 2. The quantitative estimate of drug-likeness (QED) is 0.896. The molecule has 0 saturated carbocycles. The van der Waals surface area contributed by atoms with Gasteiger partial charge in [-0.05, 0) is 31.0 Å². The van der Waals surface area contributed by atoms with Gasteiger partial charge in [0.2, 0.25) is 0 Å². The maximum Gasteiger partial charge on any atom is 0.253 e. The minimum absolute atomic E-state index is 0.0822. The molecule has 0 atom stereocenters. The molecule has 92 valence electrons. The lowest BCUT2D eigenvalue weighted by Crippen LogP contribution is -2.23. The van der Waals surface area contributed by atoms with Gasteiger partial charge in [0, 0.05) is 18.9 Å². The highest BCUT2D eigenvalue weighted by atomic mass is 16.1. The van der Waals surface area contributed by atoms with Crippen molar-refractivity contribution in [1.29, 1.82) is 0 Å². The molecule has 1 N–H and O–H groups in total. The van der Waals surface area contributed by atoms with Crippen LogP contribution in [0.15, 0.2) is 42.7 Å². The Hall–Kier alpha value is -2.16. The van der Waals surface area contributed by atoms with Gasteiger partial charge in [-0.2, -0.15) is 0 Å². The minimum atomic E-state index is -0.0822. The molecule has 0 aliphatic rings. The van der Waals surface area contributed by atoms with Crippen LogP contribution in [-0.4, -0.2) is 10.9 Å². The Balaban J connectivity index is 2.01. The van der Waals surface area contributed by atoms with Gasteiger partial charge in [-0.1, -0.05) is 29.8 Å². The summed E-state index contributed by atoms with van der Waals surface area (Å²) in [6, 6.07) is 9.95. The Morgan fingerprint density at radius 3 is 2.56 bits per heavy atom. The average Bonchev–Trinajstić information content (AvgIpc) is 2.38. The van der Waals surface area contributed by atoms with E-state index in [1.807, 2.05) is 44.2 Å². The highest BCUT2D eigenvalue weighted by Crippen LogP contribution is 2.06. The lowest BCUT2D eigenvalue weighted by atomic mass is 10.1. The van der Waals surface area contributed by atoms with Crippen LogP contribution in [0, 0.1) is 13.8 Å². The fourth-order valence-electron chi connectivity index (χ4n) is 1.69. The van der Waals surface area contributed by atoms with Crippen LogP contribution in [0.3, 0.4) is 0 Å². The second-order valence-corrected chi connectivity index (χ2v) is 4.36. The number of rotatable bonds is 3. The van der Waals surface area contributed by atoms with Crippen LogP contribution in [-0.2, 0) is 6.54 Å². The Morgan fingerprint density at radius 1 is 1.17 bits per heavy atom. The van der Waals surface area contributed by atoms with Crippen molar-refractivity contribution in [3.63, 3.8) is 0 Å². The summed E-state index contributed by atoms with van der Waals surface area (Å²) in [4.78, 5) is 15.9. The number of hydrogen-bond acceptors (Lipinski definition) is 2. The van der Waals surface area contributed by atoms with E-state index in [0.717, 1.165) is 11.1 Å². The van der Waals surface area contributed by atoms with Crippen molar-refractivity contribution in [1.82, 2.24) is 10.3 Å². The first kappa shape index (κ1) is 12.3. The normalized spacial score (nSPS) is 10.1. The number of amides is 1. The zero-order chi connectivity index (χ0) is 13.0. The molecule has 0 unspecified atom stereocenters. The molecule has 0 fully saturated rings. The van der Waals surface area contributed by atoms with E-state index in [1.54, 1.807) is 12.4 Å². The van der Waals surface area contributed by atoms with E-state index in [0.29, 0.717) is 12.1 Å². The van der Waals surface area contributed by atoms with Crippen molar-refractivity contribution in [2.75, 3.05) is 0 Å². The molecule has 18 heavy (non-hydrogen) atoms. The number of carbonyl (C=O) groups is 1. The van der Waals surface area contributed by atoms with E-state index in [2.05, 4.69) is 10.3 Å². The van der Waals surface area contributed by atoms with Crippen molar-refractivity contribution in [3.05, 3.63) is 65.0 Å². The maximum atomic E-state index is 12.0. The summed E-state index contributed by atoms with van der Waals surface area (Å²) >= 11 is 0. The number of pyridine rings is 1. The van der Waals surface area contributed by atoms with Crippen molar-refractivity contribution in [2.24, 2.45) is 0 Å². The lowest BCUT2D eigenvalue weighted by molar-refractivity contribution is 0.0950. The molecule has 0 saturated heterocycles. The van der Waals surface area contributed by atoms with E-state index in [-0.39, 0.29) is 5.91 Å². The van der Waals surface area contributed by atoms with E-state index in [9.17, 15) is 4.79 Å². The van der Waals surface area contributed by atoms with E-state index in [1.165, 1.54) is 5.56 Å². The molecule has 0 aliphatic carbocycles. The predicted molar refractivity (Wildman–Crippen MR) is 71.3 cm³/mol. The fourth-order valence-corrected chi connectivity index (χ4v) is 1.69. The standard InChI is InChI=1S/C15H16N2O/c1-11-3-5-13(6-4-11)9-17-15(18)14-10-16-8-7-12(14)2/h3-8,10H,9H2,1-2H3,(H,17,18). The van der Waals surface area contributed by atoms with Crippen LogP contribution >= 0.6 is 0 Å². The number of nitrogens with zero attached hydrogens (tertiary/aromatic N) is 1. The molecule has 1 heterocycles. The van der Waals surface area contributed by atoms with Gasteiger partial charge in [-0.3, -0.25) is 9.78 Å². The first-order chi connectivity index (χ1) is 8.66. The second kappa shape index (κ2) is 5.45. The van der Waals surface area contributed by atoms with Crippen LogP contribution in [0.5, 0.6) is 0 Å². The summed E-state index contributed by atoms with van der Waals surface area (Å²) in [5.41, 5.74) is 3.87. The molecule has 1 aromatic carbocycles. The van der Waals surface area contributed by atoms with Crippen molar-refractivity contribution in [2.45, 2.75) is 20.4 Å². The number of aromatic nitrogens is 1. The summed E-state index contributed by atoms with van der Waals surface area (Å²) < 4.78 is 0. The fraction of sp³-hybridized carbons (Fsp3) is 0.200. The smallest absolute Gasteiger partial charge is 0.253 e. The van der Waals surface area contributed by atoms with Crippen molar-refractivity contribution >= 4 is 5.91 Å². The van der Waals surface area contributed by atoms with E-state index in [4.69, 9.17) is 0 Å². The maximum absolute atomic E-state index is 12.0. The molecule has 2 rings (SSSR count). The summed E-state index contributed by atoms with van der Waals surface area (Å²) in [5, 5.41) is 2.90. The van der Waals surface area contributed by atoms with Gasteiger partial charge in [-0.25, -0.2) is 0 Å². The third-order valence-electron chi connectivity index (χ3n) is 2.86. The lowest BCUT2D eigenvalue weighted by Gasteiger charge is -2.07. The SMILES string of the molecule is Cc1ccc(CNC(=O)c2cnccc2C)cc1. The van der Waals surface area contributed by atoms with Gasteiger partial charge in [0.05, 0.1) is 5.56 Å². The summed E-state index contributed by atoms with van der Waals surface area (Å²) in [6.07, 6.45) is 3.28. The molecule has 3 nitrogen and oxygen atoms in total. The summed E-state index contributed by atoms with van der Waals surface area (Å²) in [7, 11) is 0. The molecule has 3 heteroatoms. The number of benzene rings is 1. The molecule has 0 radical (unpaired) electrons. The summed E-state index contributed by atoms with van der Waals surface area (Å²) in [6.45, 7) is 4.48. The molecule has 0 spiro atoms. The van der Waals surface area contributed by atoms with Crippen molar-refractivity contribution < 1.29 is 4.79 Å². The average molecular weight is 240 g/mol. The Kier molecular flexibility index (Phi) is 3.72. The van der Waals surface area contributed by atoms with Gasteiger partial charge in [0.15, 0.2) is 0 Å². The molecule has 1 amide bonds. The molecule has 0 bridgehead atoms. The van der Waals surface area contributed by atoms with Gasteiger partial charge in [-0.15, -0.1) is 0 Å². The van der Waals surface area contributed by atoms with Crippen LogP contribution in [0.2, 0.25) is 0 Å². The second-order valence-electron chi connectivity index (χ2n) is 4.36. The molecular weight excluding hydrogens is 224 g/mol. The third-order valence-corrected chi connectivity index (χ3v) is 2.86. The van der Waals surface area contributed by atoms with Gasteiger partial charge in [0.1, 0.15) is 0 Å². The highest BCUT2D eigenvalue weighted by molar-refractivity contribution is 5.95. The van der Waals surface area contributed by atoms with Gasteiger partial charge in [0.25, 0.3) is 5.91 Å². The van der Waals surface area contributed by atoms with Crippen LogP contribution in [0.1, 0.15) is 27.0 Å². The Morgan fingerprint density at radius 2 is 1.89 bits per heavy atom. The number of nitrogens with one attached hydrogen (secondary N) is 1. The first-order valence-corrected chi connectivity index (χ1v) is 5.91. The largest absolute Gasteiger partial charge is 0.348 e. The van der Waals surface area contributed by atoms with Gasteiger partial charge >= 0.3 is 0 Å². The van der Waals surface area contributed by atoms with Crippen LogP contribution < -0.4 is 5.32 Å². The number of hydrogen-bond donors (Lipinski definition) is 1. The van der Waals surface area contributed by atoms with Crippen molar-refractivity contribution in [3.8, 4) is 0 Å². The topological polar surface area (TPSA) is 42.0 Å². The molecular formula is C15H16N2O. The molecule has 1 aromatic heterocycles. The zero-order valence-electron chi connectivity index (χ0n) is 10.6. The highest BCUT2D eigenvalue weighted by Gasteiger charge is 2.07. The van der Waals surface area contributed by atoms with E-state index < -0.39 is 0 Å². The first-order valence-electron chi connectivity index (χ1n) is 5.91. The monoisotopic (exact) mass is 240 g/mol. The van der Waals surface area contributed by atoms with Crippen LogP contribution in [0.4, 0.5) is 0 Å².